The number of imide groups is 1. The number of carbonyl (C=O) groups is 4. The molecule has 33 heavy (non-hydrogen) atoms. The Kier molecular flexibility index (Phi) is 6.55. The van der Waals surface area contributed by atoms with E-state index in [1.165, 1.54) is 30.8 Å². The first-order valence-corrected chi connectivity index (χ1v) is 11.0. The van der Waals surface area contributed by atoms with Crippen LogP contribution >= 0.6 is 11.8 Å². The highest BCUT2D eigenvalue weighted by atomic mass is 32.2. The van der Waals surface area contributed by atoms with Gasteiger partial charge in [0.1, 0.15) is 6.04 Å². The number of fused-ring (bicyclic) bond motifs is 1. The number of benzene rings is 3. The van der Waals surface area contributed by atoms with Gasteiger partial charge in [0.15, 0.2) is 6.61 Å². The van der Waals surface area contributed by atoms with Crippen LogP contribution in [-0.2, 0) is 14.3 Å². The topological polar surface area (TPSA) is 92.8 Å². The van der Waals surface area contributed by atoms with Crippen LogP contribution in [0.3, 0.4) is 0 Å². The van der Waals surface area contributed by atoms with Gasteiger partial charge in [-0.05, 0) is 43.3 Å². The van der Waals surface area contributed by atoms with Gasteiger partial charge in [0.05, 0.1) is 16.8 Å². The number of para-hydroxylation sites is 1. The second-order valence-electron chi connectivity index (χ2n) is 7.27. The average Bonchev–Trinajstić information content (AvgIpc) is 3.09. The molecule has 1 heterocycles. The Morgan fingerprint density at radius 3 is 2.12 bits per heavy atom. The molecule has 3 aromatic carbocycles. The molecule has 3 amide bonds. The van der Waals surface area contributed by atoms with Gasteiger partial charge < -0.3 is 10.1 Å². The first-order valence-electron chi connectivity index (χ1n) is 10.2. The van der Waals surface area contributed by atoms with Gasteiger partial charge in [-0.2, -0.15) is 0 Å². The minimum atomic E-state index is -1.16. The summed E-state index contributed by atoms with van der Waals surface area (Å²) in [6.45, 7) is 0.852. The zero-order chi connectivity index (χ0) is 23.4. The van der Waals surface area contributed by atoms with Gasteiger partial charge in [0.2, 0.25) is 0 Å². The predicted molar refractivity (Wildman–Crippen MR) is 123 cm³/mol. The molecule has 166 valence electrons. The molecule has 7 nitrogen and oxygen atoms in total. The number of carbonyl (C=O) groups excluding carboxylic acids is 4. The molecular weight excluding hydrogens is 440 g/mol. The van der Waals surface area contributed by atoms with Crippen molar-refractivity contribution < 1.29 is 23.9 Å². The average molecular weight is 461 g/mol. The van der Waals surface area contributed by atoms with Crippen LogP contribution in [0.5, 0.6) is 0 Å². The summed E-state index contributed by atoms with van der Waals surface area (Å²) < 4.78 is 5.10. The largest absolute Gasteiger partial charge is 0.454 e. The van der Waals surface area contributed by atoms with Crippen molar-refractivity contribution in [3.63, 3.8) is 0 Å². The van der Waals surface area contributed by atoms with E-state index in [1.807, 2.05) is 42.5 Å². The summed E-state index contributed by atoms with van der Waals surface area (Å²) in [4.78, 5) is 52.7. The van der Waals surface area contributed by atoms with Crippen molar-refractivity contribution in [2.45, 2.75) is 22.8 Å². The van der Waals surface area contributed by atoms with Crippen molar-refractivity contribution in [3.05, 3.63) is 90.0 Å². The van der Waals surface area contributed by atoms with E-state index in [0.29, 0.717) is 5.69 Å². The van der Waals surface area contributed by atoms with Crippen LogP contribution in [0.25, 0.3) is 0 Å². The molecule has 0 radical (unpaired) electrons. The van der Waals surface area contributed by atoms with E-state index in [-0.39, 0.29) is 11.1 Å². The first-order chi connectivity index (χ1) is 16.0. The van der Waals surface area contributed by atoms with E-state index >= 15 is 0 Å². The molecule has 0 aliphatic carbocycles. The fourth-order valence-corrected chi connectivity index (χ4v) is 4.31. The summed E-state index contributed by atoms with van der Waals surface area (Å²) in [5, 5.41) is 2.74. The highest BCUT2D eigenvalue weighted by Gasteiger charge is 2.41. The summed E-state index contributed by atoms with van der Waals surface area (Å²) in [5.41, 5.74) is 1.07. The second-order valence-corrected chi connectivity index (χ2v) is 8.38. The molecule has 0 bridgehead atoms. The molecule has 4 rings (SSSR count). The SMILES string of the molecule is CC(C(=O)OCC(=O)Nc1ccccc1Sc1ccccc1)N1C(=O)c2ccccc2C1=O. The van der Waals surface area contributed by atoms with Crippen molar-refractivity contribution in [3.8, 4) is 0 Å². The smallest absolute Gasteiger partial charge is 0.329 e. The summed E-state index contributed by atoms with van der Waals surface area (Å²) in [6.07, 6.45) is 0. The van der Waals surface area contributed by atoms with Gasteiger partial charge in [-0.25, -0.2) is 4.79 Å². The number of rotatable bonds is 7. The van der Waals surface area contributed by atoms with Crippen LogP contribution in [0.4, 0.5) is 5.69 Å². The number of ether oxygens (including phenoxy) is 1. The Morgan fingerprint density at radius 1 is 0.879 bits per heavy atom. The minimum absolute atomic E-state index is 0.243. The van der Waals surface area contributed by atoms with Gasteiger partial charge >= 0.3 is 5.97 Å². The van der Waals surface area contributed by atoms with Crippen LogP contribution in [0.15, 0.2) is 88.7 Å². The molecule has 8 heteroatoms. The van der Waals surface area contributed by atoms with Crippen LogP contribution < -0.4 is 5.32 Å². The zero-order valence-corrected chi connectivity index (χ0v) is 18.5. The zero-order valence-electron chi connectivity index (χ0n) is 17.7. The Balaban J connectivity index is 1.36. The van der Waals surface area contributed by atoms with Crippen LogP contribution in [-0.4, -0.2) is 41.2 Å². The predicted octanol–water partition coefficient (Wildman–Crippen LogP) is 4.00. The molecule has 0 saturated carbocycles. The summed E-state index contributed by atoms with van der Waals surface area (Å²) in [6, 6.07) is 22.2. The third-order valence-corrected chi connectivity index (χ3v) is 6.12. The third kappa shape index (κ3) is 4.80. The second kappa shape index (κ2) is 9.70. The summed E-state index contributed by atoms with van der Waals surface area (Å²) in [7, 11) is 0. The van der Waals surface area contributed by atoms with Gasteiger partial charge in [0, 0.05) is 9.79 Å². The van der Waals surface area contributed by atoms with E-state index in [9.17, 15) is 19.2 Å². The van der Waals surface area contributed by atoms with Crippen molar-refractivity contribution in [1.82, 2.24) is 4.90 Å². The maximum Gasteiger partial charge on any atom is 0.329 e. The molecule has 1 unspecified atom stereocenters. The quantitative estimate of drug-likeness (QED) is 0.423. The molecule has 0 spiro atoms. The van der Waals surface area contributed by atoms with E-state index < -0.39 is 36.3 Å². The van der Waals surface area contributed by atoms with E-state index in [4.69, 9.17) is 4.74 Å². The van der Waals surface area contributed by atoms with Crippen LogP contribution in [0.1, 0.15) is 27.6 Å². The molecule has 1 N–H and O–H groups in total. The number of nitrogens with zero attached hydrogens (tertiary/aromatic N) is 1. The summed E-state index contributed by atoms with van der Waals surface area (Å²) in [5.74, 6) is -2.49. The molecule has 0 fully saturated rings. The summed E-state index contributed by atoms with van der Waals surface area (Å²) >= 11 is 1.49. The minimum Gasteiger partial charge on any atom is -0.454 e. The van der Waals surface area contributed by atoms with E-state index in [1.54, 1.807) is 24.3 Å². The Morgan fingerprint density at radius 2 is 1.45 bits per heavy atom. The maximum atomic E-state index is 12.5. The van der Waals surface area contributed by atoms with Crippen molar-refractivity contribution in [1.29, 1.82) is 0 Å². The lowest BCUT2D eigenvalue weighted by atomic mass is 10.1. The molecule has 1 aliphatic heterocycles. The standard InChI is InChI=1S/C25H20N2O5S/c1-16(27-23(29)18-11-5-6-12-19(18)24(27)30)25(31)32-15-22(28)26-20-13-7-8-14-21(20)33-17-9-3-2-4-10-17/h2-14,16H,15H2,1H3,(H,26,28). The molecule has 0 saturated heterocycles. The molecular formula is C25H20N2O5S. The van der Waals surface area contributed by atoms with Crippen LogP contribution in [0.2, 0.25) is 0 Å². The Bertz CT molecular complexity index is 1190. The first kappa shape index (κ1) is 22.3. The fraction of sp³-hybridized carbons (Fsp3) is 0.120. The third-order valence-electron chi connectivity index (χ3n) is 5.03. The lowest BCUT2D eigenvalue weighted by molar-refractivity contribution is -0.150. The fourth-order valence-electron chi connectivity index (χ4n) is 3.38. The Labute approximate surface area is 194 Å². The highest BCUT2D eigenvalue weighted by molar-refractivity contribution is 7.99. The number of anilines is 1. The maximum absolute atomic E-state index is 12.5. The van der Waals surface area contributed by atoms with Crippen LogP contribution in [0, 0.1) is 0 Å². The lowest BCUT2D eigenvalue weighted by Crippen LogP contribution is -2.44. The molecule has 0 aromatic heterocycles. The number of hydrogen-bond acceptors (Lipinski definition) is 6. The van der Waals surface area contributed by atoms with Gasteiger partial charge in [0.25, 0.3) is 17.7 Å². The molecule has 3 aromatic rings. The number of amides is 3. The van der Waals surface area contributed by atoms with Crippen molar-refractivity contribution in [2.75, 3.05) is 11.9 Å². The van der Waals surface area contributed by atoms with Crippen molar-refractivity contribution in [2.24, 2.45) is 0 Å². The molecule has 1 aliphatic rings. The van der Waals surface area contributed by atoms with Gasteiger partial charge in [-0.3, -0.25) is 19.3 Å². The van der Waals surface area contributed by atoms with Crippen molar-refractivity contribution >= 4 is 41.1 Å². The van der Waals surface area contributed by atoms with E-state index in [2.05, 4.69) is 5.32 Å². The number of hydrogen-bond donors (Lipinski definition) is 1. The van der Waals surface area contributed by atoms with Gasteiger partial charge in [-0.1, -0.05) is 54.2 Å². The monoisotopic (exact) mass is 460 g/mol. The molecule has 1 atom stereocenters. The van der Waals surface area contributed by atoms with E-state index in [0.717, 1.165) is 14.7 Å². The Hall–Kier alpha value is -3.91. The van der Waals surface area contributed by atoms with Gasteiger partial charge in [-0.15, -0.1) is 0 Å². The normalized spacial score (nSPS) is 13.4. The number of esters is 1. The number of nitrogens with one attached hydrogen (secondary N) is 1. The highest BCUT2D eigenvalue weighted by Crippen LogP contribution is 2.33. The lowest BCUT2D eigenvalue weighted by Gasteiger charge is -2.20.